The molecule has 0 aliphatic rings. The average Bonchev–Trinajstić information content (AvgIpc) is 2.24. The Hall–Kier alpha value is -1.55. The smallest absolute Gasteiger partial charge is 0.322 e. The number of hydrogen-bond donors (Lipinski definition) is 2. The van der Waals surface area contributed by atoms with Crippen molar-refractivity contribution in [2.24, 2.45) is 5.73 Å². The van der Waals surface area contributed by atoms with Crippen LogP contribution in [0.25, 0.3) is 0 Å². The van der Waals surface area contributed by atoms with Gasteiger partial charge >= 0.3 is 5.97 Å². The van der Waals surface area contributed by atoms with Gasteiger partial charge in [-0.15, -0.1) is 0 Å². The molecule has 1 atom stereocenters. The van der Waals surface area contributed by atoms with E-state index in [2.05, 4.69) is 4.74 Å². The number of benzene rings is 1. The molecule has 88 valence electrons. The van der Waals surface area contributed by atoms with Gasteiger partial charge in [0.2, 0.25) is 0 Å². The van der Waals surface area contributed by atoms with E-state index in [0.29, 0.717) is 6.42 Å². The van der Waals surface area contributed by atoms with Crippen LogP contribution >= 0.6 is 0 Å². The lowest BCUT2D eigenvalue weighted by Crippen LogP contribution is -2.33. The summed E-state index contributed by atoms with van der Waals surface area (Å²) < 4.78 is 4.56. The molecule has 0 spiro atoms. The molecule has 16 heavy (non-hydrogen) atoms. The Morgan fingerprint density at radius 1 is 1.44 bits per heavy atom. The minimum atomic E-state index is -0.659. The fourth-order valence-corrected chi connectivity index (χ4v) is 1.65. The minimum absolute atomic E-state index is 0.287. The second-order valence-corrected chi connectivity index (χ2v) is 3.91. The first-order valence-electron chi connectivity index (χ1n) is 5.08. The third-order valence-electron chi connectivity index (χ3n) is 2.51. The fraction of sp³-hybridized carbons (Fsp3) is 0.417. The SMILES string of the molecule is COC(=O)[C@H](N)Cc1cc(C)c(O)c(C)c1. The molecular weight excluding hydrogens is 206 g/mol. The average molecular weight is 223 g/mol. The number of aryl methyl sites for hydroxylation is 2. The van der Waals surface area contributed by atoms with Crippen molar-refractivity contribution in [3.8, 4) is 5.75 Å². The first kappa shape index (κ1) is 12.5. The van der Waals surface area contributed by atoms with Crippen LogP contribution in [0.5, 0.6) is 5.75 Å². The quantitative estimate of drug-likeness (QED) is 0.751. The van der Waals surface area contributed by atoms with Gasteiger partial charge in [0.1, 0.15) is 11.8 Å². The Kier molecular flexibility index (Phi) is 3.90. The zero-order valence-electron chi connectivity index (χ0n) is 9.78. The van der Waals surface area contributed by atoms with Crippen LogP contribution in [0, 0.1) is 13.8 Å². The van der Waals surface area contributed by atoms with Crippen molar-refractivity contribution in [3.05, 3.63) is 28.8 Å². The summed E-state index contributed by atoms with van der Waals surface area (Å²) in [5.74, 6) is -0.140. The molecule has 0 saturated heterocycles. The molecule has 0 fully saturated rings. The highest BCUT2D eigenvalue weighted by Crippen LogP contribution is 2.23. The standard InChI is InChI=1S/C12H17NO3/c1-7-4-9(5-8(2)11(7)14)6-10(13)12(15)16-3/h4-5,10,14H,6,13H2,1-3H3/t10-/m1/s1. The summed E-state index contributed by atoms with van der Waals surface area (Å²) in [6.45, 7) is 3.63. The number of nitrogens with two attached hydrogens (primary N) is 1. The summed E-state index contributed by atoms with van der Waals surface area (Å²) >= 11 is 0. The summed E-state index contributed by atoms with van der Waals surface area (Å²) in [6.07, 6.45) is 0.411. The van der Waals surface area contributed by atoms with Gasteiger partial charge < -0.3 is 15.6 Å². The van der Waals surface area contributed by atoms with Crippen molar-refractivity contribution in [1.82, 2.24) is 0 Å². The highest BCUT2D eigenvalue weighted by Gasteiger charge is 2.15. The van der Waals surface area contributed by atoms with Crippen LogP contribution in [-0.4, -0.2) is 24.2 Å². The zero-order valence-corrected chi connectivity index (χ0v) is 9.78. The number of phenols is 1. The van der Waals surface area contributed by atoms with Crippen LogP contribution in [0.3, 0.4) is 0 Å². The van der Waals surface area contributed by atoms with Crippen molar-refractivity contribution in [2.75, 3.05) is 7.11 Å². The van der Waals surface area contributed by atoms with Crippen LogP contribution in [0.4, 0.5) is 0 Å². The van der Waals surface area contributed by atoms with E-state index in [-0.39, 0.29) is 5.75 Å². The third-order valence-corrected chi connectivity index (χ3v) is 2.51. The molecule has 0 radical (unpaired) electrons. The van der Waals surface area contributed by atoms with Gasteiger partial charge in [0.15, 0.2) is 0 Å². The van der Waals surface area contributed by atoms with Crippen molar-refractivity contribution in [2.45, 2.75) is 26.3 Å². The van der Waals surface area contributed by atoms with Crippen molar-refractivity contribution in [3.63, 3.8) is 0 Å². The molecule has 0 unspecified atom stereocenters. The second-order valence-electron chi connectivity index (χ2n) is 3.91. The summed E-state index contributed by atoms with van der Waals surface area (Å²) in [6, 6.07) is 2.99. The van der Waals surface area contributed by atoms with Gasteiger partial charge in [-0.1, -0.05) is 12.1 Å². The highest BCUT2D eigenvalue weighted by molar-refractivity contribution is 5.75. The van der Waals surface area contributed by atoms with Crippen LogP contribution in [0.2, 0.25) is 0 Å². The number of ether oxygens (including phenoxy) is 1. The Labute approximate surface area is 95.0 Å². The molecule has 0 aromatic heterocycles. The largest absolute Gasteiger partial charge is 0.507 e. The number of methoxy groups -OCH3 is 1. The molecular formula is C12H17NO3. The lowest BCUT2D eigenvalue weighted by molar-refractivity contribution is -0.142. The number of esters is 1. The number of rotatable bonds is 3. The van der Waals surface area contributed by atoms with Gasteiger partial charge in [-0.3, -0.25) is 4.79 Å². The molecule has 4 nitrogen and oxygen atoms in total. The van der Waals surface area contributed by atoms with Gasteiger partial charge in [-0.2, -0.15) is 0 Å². The lowest BCUT2D eigenvalue weighted by atomic mass is 10.0. The molecule has 0 aliphatic heterocycles. The number of carbonyl (C=O) groups excluding carboxylic acids is 1. The molecule has 1 rings (SSSR count). The predicted octanol–water partition coefficient (Wildman–Crippen LogP) is 1.05. The van der Waals surface area contributed by atoms with Crippen molar-refractivity contribution >= 4 is 5.97 Å². The van der Waals surface area contributed by atoms with E-state index in [4.69, 9.17) is 5.73 Å². The monoisotopic (exact) mass is 223 g/mol. The van der Waals surface area contributed by atoms with Crippen molar-refractivity contribution < 1.29 is 14.6 Å². The van der Waals surface area contributed by atoms with Gasteiger partial charge in [0.05, 0.1) is 7.11 Å². The van der Waals surface area contributed by atoms with E-state index >= 15 is 0 Å². The summed E-state index contributed by atoms with van der Waals surface area (Å²) in [7, 11) is 1.31. The Morgan fingerprint density at radius 3 is 2.38 bits per heavy atom. The van der Waals surface area contributed by atoms with Gasteiger partial charge in [0.25, 0.3) is 0 Å². The van der Waals surface area contributed by atoms with E-state index in [1.54, 1.807) is 0 Å². The molecule has 1 aromatic carbocycles. The number of aromatic hydroxyl groups is 1. The minimum Gasteiger partial charge on any atom is -0.507 e. The molecule has 0 bridgehead atoms. The number of hydrogen-bond acceptors (Lipinski definition) is 4. The first-order chi connectivity index (χ1) is 7.45. The Bertz CT molecular complexity index is 378. The maximum Gasteiger partial charge on any atom is 0.322 e. The molecule has 0 amide bonds. The fourth-order valence-electron chi connectivity index (χ4n) is 1.65. The molecule has 1 aromatic rings. The first-order valence-corrected chi connectivity index (χ1v) is 5.08. The molecule has 0 saturated carbocycles. The summed E-state index contributed by atoms with van der Waals surface area (Å²) in [5.41, 5.74) is 8.15. The molecule has 3 N–H and O–H groups in total. The van der Waals surface area contributed by atoms with Crippen LogP contribution in [0.15, 0.2) is 12.1 Å². The van der Waals surface area contributed by atoms with E-state index < -0.39 is 12.0 Å². The molecule has 0 aliphatic carbocycles. The van der Waals surface area contributed by atoms with Crippen LogP contribution < -0.4 is 5.73 Å². The second kappa shape index (κ2) is 4.99. The zero-order chi connectivity index (χ0) is 12.3. The number of carbonyl (C=O) groups is 1. The topological polar surface area (TPSA) is 72.5 Å². The highest BCUT2D eigenvalue weighted by atomic mass is 16.5. The molecule has 4 heteroatoms. The Balaban J connectivity index is 2.86. The van der Waals surface area contributed by atoms with E-state index in [0.717, 1.165) is 16.7 Å². The van der Waals surface area contributed by atoms with Crippen molar-refractivity contribution in [1.29, 1.82) is 0 Å². The van der Waals surface area contributed by atoms with Gasteiger partial charge in [-0.05, 0) is 37.0 Å². The summed E-state index contributed by atoms with van der Waals surface area (Å²) in [5, 5.41) is 9.60. The summed E-state index contributed by atoms with van der Waals surface area (Å²) in [4.78, 5) is 11.2. The molecule has 0 heterocycles. The maximum absolute atomic E-state index is 11.2. The third kappa shape index (κ3) is 2.73. The van der Waals surface area contributed by atoms with Gasteiger partial charge in [0, 0.05) is 0 Å². The predicted molar refractivity (Wildman–Crippen MR) is 61.3 cm³/mol. The van der Waals surface area contributed by atoms with E-state index in [1.165, 1.54) is 7.11 Å². The normalized spacial score (nSPS) is 12.2. The lowest BCUT2D eigenvalue weighted by Gasteiger charge is -2.11. The van der Waals surface area contributed by atoms with Crippen LogP contribution in [-0.2, 0) is 16.0 Å². The van der Waals surface area contributed by atoms with Gasteiger partial charge in [-0.25, -0.2) is 0 Å². The Morgan fingerprint density at radius 2 is 1.94 bits per heavy atom. The van der Waals surface area contributed by atoms with Crippen LogP contribution in [0.1, 0.15) is 16.7 Å². The number of phenolic OH excluding ortho intramolecular Hbond substituents is 1. The maximum atomic E-state index is 11.2. The van der Waals surface area contributed by atoms with E-state index in [1.807, 2.05) is 26.0 Å². The van der Waals surface area contributed by atoms with E-state index in [9.17, 15) is 9.90 Å².